The van der Waals surface area contributed by atoms with Gasteiger partial charge < -0.3 is 15.0 Å². The molecule has 110 valence electrons. The molecule has 4 nitrogen and oxygen atoms in total. The summed E-state index contributed by atoms with van der Waals surface area (Å²) in [6.45, 7) is 7.61. The second-order valence-corrected chi connectivity index (χ2v) is 5.37. The van der Waals surface area contributed by atoms with Crippen LogP contribution in [0.25, 0.3) is 0 Å². The largest absolute Gasteiger partial charge is 0.497 e. The van der Waals surface area contributed by atoms with Gasteiger partial charge in [0.25, 0.3) is 0 Å². The highest BCUT2D eigenvalue weighted by atomic mass is 32.1. The minimum Gasteiger partial charge on any atom is -0.497 e. The second-order valence-electron chi connectivity index (χ2n) is 4.99. The van der Waals surface area contributed by atoms with Gasteiger partial charge in [0.05, 0.1) is 7.11 Å². The summed E-state index contributed by atoms with van der Waals surface area (Å²) in [6, 6.07) is 7.84. The quantitative estimate of drug-likeness (QED) is 0.861. The molecular weight excluding hydrogens is 270 g/mol. The lowest BCUT2D eigenvalue weighted by molar-refractivity contribution is 0.184. The zero-order chi connectivity index (χ0) is 14.4. The number of hydrogen-bond acceptors (Lipinski definition) is 3. The van der Waals surface area contributed by atoms with E-state index in [4.69, 9.17) is 17.0 Å². The van der Waals surface area contributed by atoms with Gasteiger partial charge in [-0.15, -0.1) is 0 Å². The van der Waals surface area contributed by atoms with Crippen LogP contribution in [-0.2, 0) is 0 Å². The molecule has 0 amide bonds. The number of methoxy groups -OCH3 is 1. The van der Waals surface area contributed by atoms with E-state index >= 15 is 0 Å². The summed E-state index contributed by atoms with van der Waals surface area (Å²) < 4.78 is 5.15. The Morgan fingerprint density at radius 2 is 1.85 bits per heavy atom. The van der Waals surface area contributed by atoms with E-state index in [1.54, 1.807) is 7.11 Å². The first-order valence-electron chi connectivity index (χ1n) is 7.15. The predicted octanol–water partition coefficient (Wildman–Crippen LogP) is 2.42. The van der Waals surface area contributed by atoms with Gasteiger partial charge in [-0.3, -0.25) is 4.90 Å². The van der Waals surface area contributed by atoms with Crippen LogP contribution in [0.4, 0.5) is 5.69 Å². The van der Waals surface area contributed by atoms with E-state index in [2.05, 4.69) is 22.0 Å². The van der Waals surface area contributed by atoms with Crippen molar-refractivity contribution in [3.8, 4) is 5.75 Å². The first kappa shape index (κ1) is 15.1. The fourth-order valence-electron chi connectivity index (χ4n) is 2.37. The maximum absolute atomic E-state index is 5.49. The maximum Gasteiger partial charge on any atom is 0.173 e. The zero-order valence-corrected chi connectivity index (χ0v) is 13.1. The van der Waals surface area contributed by atoms with E-state index < -0.39 is 0 Å². The molecule has 0 aliphatic carbocycles. The van der Waals surface area contributed by atoms with Crippen LogP contribution in [0.15, 0.2) is 24.3 Å². The molecule has 0 bridgehead atoms. The summed E-state index contributed by atoms with van der Waals surface area (Å²) in [7, 11) is 1.67. The third-order valence-corrected chi connectivity index (χ3v) is 3.90. The Kier molecular flexibility index (Phi) is 5.61. The lowest BCUT2D eigenvalue weighted by Gasteiger charge is -2.36. The van der Waals surface area contributed by atoms with Crippen LogP contribution in [0, 0.1) is 0 Å². The molecule has 2 rings (SSSR count). The van der Waals surface area contributed by atoms with Gasteiger partial charge in [-0.05, 0) is 49.4 Å². The third-order valence-electron chi connectivity index (χ3n) is 3.54. The molecule has 0 radical (unpaired) electrons. The van der Waals surface area contributed by atoms with Crippen LogP contribution in [-0.4, -0.2) is 54.7 Å². The number of nitrogens with zero attached hydrogens (tertiary/aromatic N) is 2. The number of thiocarbonyl (C=S) groups is 1. The summed E-state index contributed by atoms with van der Waals surface area (Å²) in [5, 5.41) is 4.10. The molecule has 0 atom stereocenters. The number of piperazine rings is 1. The molecule has 1 saturated heterocycles. The highest BCUT2D eigenvalue weighted by Crippen LogP contribution is 2.16. The number of ether oxygens (including phenoxy) is 1. The van der Waals surface area contributed by atoms with Crippen molar-refractivity contribution >= 4 is 23.0 Å². The topological polar surface area (TPSA) is 27.7 Å². The number of nitrogens with one attached hydrogen (secondary N) is 1. The number of anilines is 1. The Morgan fingerprint density at radius 1 is 1.20 bits per heavy atom. The van der Waals surface area contributed by atoms with Crippen molar-refractivity contribution in [2.24, 2.45) is 0 Å². The monoisotopic (exact) mass is 293 g/mol. The van der Waals surface area contributed by atoms with Gasteiger partial charge in [0.1, 0.15) is 5.75 Å². The summed E-state index contributed by atoms with van der Waals surface area (Å²) in [5.41, 5.74) is 1.01. The molecule has 1 aliphatic heterocycles. The molecule has 1 N–H and O–H groups in total. The van der Waals surface area contributed by atoms with Gasteiger partial charge >= 0.3 is 0 Å². The summed E-state index contributed by atoms with van der Waals surface area (Å²) in [5.74, 6) is 0.856. The minimum absolute atomic E-state index is 0.811. The molecule has 1 heterocycles. The summed E-state index contributed by atoms with van der Waals surface area (Å²) in [6.07, 6.45) is 1.22. The molecule has 0 spiro atoms. The second kappa shape index (κ2) is 7.45. The van der Waals surface area contributed by atoms with Crippen molar-refractivity contribution in [2.75, 3.05) is 45.2 Å². The Balaban J connectivity index is 1.83. The van der Waals surface area contributed by atoms with E-state index in [1.807, 2.05) is 24.3 Å². The van der Waals surface area contributed by atoms with E-state index in [0.29, 0.717) is 0 Å². The molecular formula is C15H23N3OS. The van der Waals surface area contributed by atoms with Crippen molar-refractivity contribution in [2.45, 2.75) is 13.3 Å². The first-order chi connectivity index (χ1) is 9.72. The number of hydrogen-bond donors (Lipinski definition) is 1. The maximum atomic E-state index is 5.49. The van der Waals surface area contributed by atoms with Gasteiger partial charge in [-0.1, -0.05) is 6.92 Å². The SMILES string of the molecule is CCCN1CCN(C(=S)Nc2ccc(OC)cc2)CC1. The molecule has 1 aromatic carbocycles. The smallest absolute Gasteiger partial charge is 0.173 e. The number of rotatable bonds is 4. The van der Waals surface area contributed by atoms with Crippen LogP contribution in [0.1, 0.15) is 13.3 Å². The molecule has 0 unspecified atom stereocenters. The van der Waals surface area contributed by atoms with Crippen molar-refractivity contribution in [1.29, 1.82) is 0 Å². The van der Waals surface area contributed by atoms with E-state index in [9.17, 15) is 0 Å². The zero-order valence-electron chi connectivity index (χ0n) is 12.3. The van der Waals surface area contributed by atoms with Crippen LogP contribution >= 0.6 is 12.2 Å². The third kappa shape index (κ3) is 4.08. The van der Waals surface area contributed by atoms with Gasteiger partial charge in [-0.2, -0.15) is 0 Å². The average molecular weight is 293 g/mol. The Labute approximate surface area is 126 Å². The first-order valence-corrected chi connectivity index (χ1v) is 7.56. The minimum atomic E-state index is 0.811. The standard InChI is InChI=1S/C15H23N3OS/c1-3-8-17-9-11-18(12-10-17)15(20)16-13-4-6-14(19-2)7-5-13/h4-7H,3,8-12H2,1-2H3,(H,16,20). The fourth-order valence-corrected chi connectivity index (χ4v) is 2.67. The van der Waals surface area contributed by atoms with Crippen molar-refractivity contribution in [1.82, 2.24) is 9.80 Å². The lowest BCUT2D eigenvalue weighted by Crippen LogP contribution is -2.49. The Hall–Kier alpha value is -1.33. The molecule has 1 aromatic rings. The highest BCUT2D eigenvalue weighted by molar-refractivity contribution is 7.80. The molecule has 1 aliphatic rings. The fraction of sp³-hybridized carbons (Fsp3) is 0.533. The predicted molar refractivity (Wildman–Crippen MR) is 87.5 cm³/mol. The Morgan fingerprint density at radius 3 is 2.40 bits per heavy atom. The number of benzene rings is 1. The van der Waals surface area contributed by atoms with E-state index in [-0.39, 0.29) is 0 Å². The van der Waals surface area contributed by atoms with Gasteiger partial charge in [0.15, 0.2) is 5.11 Å². The normalized spacial score (nSPS) is 16.0. The van der Waals surface area contributed by atoms with Crippen LogP contribution in [0.2, 0.25) is 0 Å². The molecule has 0 saturated carbocycles. The summed E-state index contributed by atoms with van der Waals surface area (Å²) in [4.78, 5) is 4.73. The van der Waals surface area contributed by atoms with Crippen molar-refractivity contribution < 1.29 is 4.74 Å². The van der Waals surface area contributed by atoms with Crippen LogP contribution < -0.4 is 10.1 Å². The average Bonchev–Trinajstić information content (AvgIpc) is 2.49. The van der Waals surface area contributed by atoms with E-state index in [1.165, 1.54) is 13.0 Å². The van der Waals surface area contributed by atoms with Gasteiger partial charge in [-0.25, -0.2) is 0 Å². The molecule has 20 heavy (non-hydrogen) atoms. The summed E-state index contributed by atoms with van der Waals surface area (Å²) >= 11 is 5.49. The van der Waals surface area contributed by atoms with Gasteiger partial charge in [0, 0.05) is 31.9 Å². The molecule has 0 aromatic heterocycles. The van der Waals surface area contributed by atoms with Gasteiger partial charge in [0.2, 0.25) is 0 Å². The van der Waals surface area contributed by atoms with Crippen molar-refractivity contribution in [3.63, 3.8) is 0 Å². The van der Waals surface area contributed by atoms with E-state index in [0.717, 1.165) is 42.7 Å². The van der Waals surface area contributed by atoms with Crippen LogP contribution in [0.3, 0.4) is 0 Å². The molecule has 1 fully saturated rings. The van der Waals surface area contributed by atoms with Crippen LogP contribution in [0.5, 0.6) is 5.75 Å². The Bertz CT molecular complexity index is 427. The lowest BCUT2D eigenvalue weighted by atomic mass is 10.3. The van der Waals surface area contributed by atoms with Crippen molar-refractivity contribution in [3.05, 3.63) is 24.3 Å². The molecule has 5 heteroatoms. The highest BCUT2D eigenvalue weighted by Gasteiger charge is 2.18.